The molecule has 0 radical (unpaired) electrons. The summed E-state index contributed by atoms with van der Waals surface area (Å²) in [7, 11) is -4.00. The van der Waals surface area contributed by atoms with Crippen molar-refractivity contribution < 1.29 is 18.3 Å². The molecule has 0 fully saturated rings. The maximum Gasteiger partial charge on any atom is 0.308 e. The number of carboxylic acid groups (broad SMARTS) is 1. The average Bonchev–Trinajstić information content (AvgIpc) is 2.25. The van der Waals surface area contributed by atoms with E-state index in [-0.39, 0.29) is 27.4 Å². The summed E-state index contributed by atoms with van der Waals surface area (Å²) in [5, 5.41) is 8.98. The Labute approximate surface area is 141 Å². The lowest BCUT2D eigenvalue weighted by molar-refractivity contribution is -0.142. The van der Waals surface area contributed by atoms with Gasteiger partial charge in [0, 0.05) is 11.0 Å². The van der Waals surface area contributed by atoms with E-state index in [0.29, 0.717) is 4.47 Å². The second-order valence-corrected chi connectivity index (χ2v) is 8.17. The molecule has 0 spiro atoms. The molecule has 0 saturated heterocycles. The lowest BCUT2D eigenvalue weighted by Crippen LogP contribution is -2.35. The largest absolute Gasteiger partial charge is 0.481 e. The third-order valence-electron chi connectivity index (χ3n) is 2.85. The highest BCUT2D eigenvalue weighted by Crippen LogP contribution is 2.32. The van der Waals surface area contributed by atoms with Gasteiger partial charge in [-0.1, -0.05) is 53.0 Å². The van der Waals surface area contributed by atoms with Crippen LogP contribution in [0.2, 0.25) is 10.0 Å². The highest BCUT2D eigenvalue weighted by Gasteiger charge is 2.27. The lowest BCUT2D eigenvalue weighted by atomic mass is 9.97. The first kappa shape index (κ1) is 18.7. The van der Waals surface area contributed by atoms with Crippen LogP contribution in [-0.2, 0) is 14.8 Å². The number of nitrogens with one attached hydrogen (secondary N) is 1. The molecule has 0 aliphatic heterocycles. The minimum absolute atomic E-state index is 0.0432. The highest BCUT2D eigenvalue weighted by atomic mass is 79.9. The van der Waals surface area contributed by atoms with Crippen LogP contribution in [-0.4, -0.2) is 26.0 Å². The predicted molar refractivity (Wildman–Crippen MR) is 85.3 cm³/mol. The number of hydrogen-bond donors (Lipinski definition) is 2. The number of hydrogen-bond acceptors (Lipinski definition) is 3. The molecule has 0 aliphatic carbocycles. The monoisotopic (exact) mass is 417 g/mol. The van der Waals surface area contributed by atoms with Crippen molar-refractivity contribution in [3.05, 3.63) is 26.7 Å². The van der Waals surface area contributed by atoms with Gasteiger partial charge in [0.2, 0.25) is 10.0 Å². The predicted octanol–water partition coefficient (Wildman–Crippen LogP) is 3.39. The topological polar surface area (TPSA) is 83.5 Å². The van der Waals surface area contributed by atoms with Crippen molar-refractivity contribution in [1.82, 2.24) is 4.72 Å². The summed E-state index contributed by atoms with van der Waals surface area (Å²) >= 11 is 15.0. The van der Waals surface area contributed by atoms with Gasteiger partial charge < -0.3 is 5.11 Å². The van der Waals surface area contributed by atoms with E-state index < -0.39 is 21.9 Å². The van der Waals surface area contributed by atoms with E-state index >= 15 is 0 Å². The zero-order valence-electron chi connectivity index (χ0n) is 11.2. The molecule has 0 heterocycles. The quantitative estimate of drug-likeness (QED) is 0.741. The fourth-order valence-electron chi connectivity index (χ4n) is 1.67. The standard InChI is InChI=1S/C12H14BrCl2NO4S/c1-6(2)8(12(17)18)5-16-21(19,20)11-9(14)3-7(13)4-10(11)15/h3-4,6,8,16H,5H2,1-2H3,(H,17,18). The summed E-state index contributed by atoms with van der Waals surface area (Å²) in [5.41, 5.74) is 0. The van der Waals surface area contributed by atoms with Gasteiger partial charge in [0.05, 0.1) is 16.0 Å². The zero-order valence-corrected chi connectivity index (χ0v) is 15.1. The molecule has 1 unspecified atom stereocenters. The van der Waals surface area contributed by atoms with E-state index in [4.69, 9.17) is 28.3 Å². The van der Waals surface area contributed by atoms with Gasteiger partial charge in [-0.05, 0) is 18.1 Å². The van der Waals surface area contributed by atoms with Crippen LogP contribution < -0.4 is 4.72 Å². The maximum absolute atomic E-state index is 12.2. The lowest BCUT2D eigenvalue weighted by Gasteiger charge is -2.17. The van der Waals surface area contributed by atoms with Crippen molar-refractivity contribution in [2.75, 3.05) is 6.54 Å². The molecule has 9 heteroatoms. The van der Waals surface area contributed by atoms with Gasteiger partial charge >= 0.3 is 5.97 Å². The second kappa shape index (κ2) is 7.28. The van der Waals surface area contributed by atoms with E-state index in [1.54, 1.807) is 13.8 Å². The van der Waals surface area contributed by atoms with Crippen LogP contribution in [0.15, 0.2) is 21.5 Å². The number of carbonyl (C=O) groups is 1. The molecule has 0 aromatic heterocycles. The van der Waals surface area contributed by atoms with E-state index in [1.807, 2.05) is 0 Å². The Morgan fingerprint density at radius 2 is 1.81 bits per heavy atom. The van der Waals surface area contributed by atoms with E-state index in [1.165, 1.54) is 12.1 Å². The Morgan fingerprint density at radius 3 is 2.19 bits per heavy atom. The Bertz CT molecular complexity index is 626. The second-order valence-electron chi connectivity index (χ2n) is 4.74. The first-order chi connectivity index (χ1) is 9.56. The van der Waals surface area contributed by atoms with Gasteiger partial charge in [0.15, 0.2) is 0 Å². The minimum atomic E-state index is -4.00. The molecule has 2 N–H and O–H groups in total. The van der Waals surface area contributed by atoms with Crippen LogP contribution in [0, 0.1) is 11.8 Å². The van der Waals surface area contributed by atoms with Gasteiger partial charge in [0.25, 0.3) is 0 Å². The van der Waals surface area contributed by atoms with Crippen molar-refractivity contribution in [2.45, 2.75) is 18.7 Å². The summed E-state index contributed by atoms with van der Waals surface area (Å²) < 4.78 is 27.3. The number of aliphatic carboxylic acids is 1. The van der Waals surface area contributed by atoms with Crippen molar-refractivity contribution in [2.24, 2.45) is 11.8 Å². The summed E-state index contributed by atoms with van der Waals surface area (Å²) in [6, 6.07) is 2.80. The number of sulfonamides is 1. The van der Waals surface area contributed by atoms with Crippen LogP contribution in [0.5, 0.6) is 0 Å². The third-order valence-corrected chi connectivity index (χ3v) is 5.65. The molecule has 1 aromatic rings. The van der Waals surface area contributed by atoms with Crippen molar-refractivity contribution >= 4 is 55.1 Å². The Balaban J connectivity index is 3.06. The number of carboxylic acids is 1. The van der Waals surface area contributed by atoms with Crippen LogP contribution in [0.1, 0.15) is 13.8 Å². The molecule has 1 aromatic carbocycles. The number of rotatable bonds is 6. The summed E-state index contributed by atoms with van der Waals surface area (Å²) in [6.45, 7) is 3.16. The summed E-state index contributed by atoms with van der Waals surface area (Å²) in [6.07, 6.45) is 0. The summed E-state index contributed by atoms with van der Waals surface area (Å²) in [5.74, 6) is -2.13. The molecule has 1 rings (SSSR count). The normalized spacial score (nSPS) is 13.4. The highest BCUT2D eigenvalue weighted by molar-refractivity contribution is 9.10. The van der Waals surface area contributed by atoms with E-state index in [0.717, 1.165) is 0 Å². The van der Waals surface area contributed by atoms with Crippen molar-refractivity contribution in [3.63, 3.8) is 0 Å². The van der Waals surface area contributed by atoms with Crippen LogP contribution in [0.25, 0.3) is 0 Å². The smallest absolute Gasteiger partial charge is 0.308 e. The van der Waals surface area contributed by atoms with E-state index in [9.17, 15) is 13.2 Å². The van der Waals surface area contributed by atoms with Gasteiger partial charge in [-0.15, -0.1) is 0 Å². The van der Waals surface area contributed by atoms with Gasteiger partial charge in [-0.3, -0.25) is 4.79 Å². The molecule has 0 saturated carbocycles. The fraction of sp³-hybridized carbons (Fsp3) is 0.417. The number of benzene rings is 1. The SMILES string of the molecule is CC(C)C(CNS(=O)(=O)c1c(Cl)cc(Br)cc1Cl)C(=O)O. The van der Waals surface area contributed by atoms with Crippen LogP contribution >= 0.6 is 39.1 Å². The molecule has 118 valence electrons. The molecule has 0 aliphatic rings. The molecule has 1 atom stereocenters. The Kier molecular flexibility index (Phi) is 6.49. The Hall–Kier alpha value is -0.340. The van der Waals surface area contributed by atoms with Gasteiger partial charge in [-0.25, -0.2) is 13.1 Å². The molecular weight excluding hydrogens is 405 g/mol. The average molecular weight is 419 g/mol. The molecule has 5 nitrogen and oxygen atoms in total. The maximum atomic E-state index is 12.2. The fourth-order valence-corrected chi connectivity index (χ4v) is 4.66. The summed E-state index contributed by atoms with van der Waals surface area (Å²) in [4.78, 5) is 10.8. The van der Waals surface area contributed by atoms with E-state index in [2.05, 4.69) is 20.7 Å². The molecule has 0 amide bonds. The third kappa shape index (κ3) is 4.82. The Morgan fingerprint density at radius 1 is 1.33 bits per heavy atom. The first-order valence-corrected chi connectivity index (χ1v) is 8.96. The van der Waals surface area contributed by atoms with Crippen molar-refractivity contribution in [3.8, 4) is 0 Å². The first-order valence-electron chi connectivity index (χ1n) is 5.93. The number of halogens is 3. The van der Waals surface area contributed by atoms with Gasteiger partial charge in [0.1, 0.15) is 4.90 Å². The molecular formula is C12H14BrCl2NO4S. The van der Waals surface area contributed by atoms with Crippen LogP contribution in [0.3, 0.4) is 0 Å². The molecule has 21 heavy (non-hydrogen) atoms. The zero-order chi connectivity index (χ0) is 16.4. The molecule has 0 bridgehead atoms. The van der Waals surface area contributed by atoms with Crippen molar-refractivity contribution in [1.29, 1.82) is 0 Å². The van der Waals surface area contributed by atoms with Gasteiger partial charge in [-0.2, -0.15) is 0 Å². The minimum Gasteiger partial charge on any atom is -0.481 e. The van der Waals surface area contributed by atoms with Crippen LogP contribution in [0.4, 0.5) is 0 Å².